The van der Waals surface area contributed by atoms with E-state index in [1.807, 2.05) is 0 Å². The molecule has 0 saturated heterocycles. The summed E-state index contributed by atoms with van der Waals surface area (Å²) in [6.07, 6.45) is 5.80. The molecule has 1 aromatic carbocycles. The van der Waals surface area contributed by atoms with Gasteiger partial charge in [0.2, 0.25) is 0 Å². The first-order valence-corrected chi connectivity index (χ1v) is 9.71. The summed E-state index contributed by atoms with van der Waals surface area (Å²) in [5.74, 6) is 0.522. The second-order valence-electron chi connectivity index (χ2n) is 7.91. The fourth-order valence-electron chi connectivity index (χ4n) is 5.23. The monoisotopic (exact) mass is 380 g/mol. The molecule has 26 heavy (non-hydrogen) atoms. The van der Waals surface area contributed by atoms with Crippen molar-refractivity contribution in [2.24, 2.45) is 23.7 Å². The van der Waals surface area contributed by atoms with Crippen LogP contribution in [0, 0.1) is 29.5 Å². The van der Waals surface area contributed by atoms with Gasteiger partial charge in [0, 0.05) is 0 Å². The molecule has 0 aliphatic heterocycles. The maximum Gasteiger partial charge on any atom is 0.311 e. The van der Waals surface area contributed by atoms with Crippen LogP contribution in [0.4, 0.5) is 4.39 Å². The van der Waals surface area contributed by atoms with Crippen LogP contribution in [-0.2, 0) is 14.3 Å². The van der Waals surface area contributed by atoms with E-state index in [2.05, 4.69) is 0 Å². The lowest BCUT2D eigenvalue weighted by Crippen LogP contribution is -2.50. The third-order valence-corrected chi connectivity index (χ3v) is 6.37. The molecule has 4 nitrogen and oxygen atoms in total. The summed E-state index contributed by atoms with van der Waals surface area (Å²) in [5.41, 5.74) is 0. The van der Waals surface area contributed by atoms with Crippen LogP contribution >= 0.6 is 11.6 Å². The maximum absolute atomic E-state index is 13.6. The normalized spacial score (nSPS) is 31.7. The smallest absolute Gasteiger partial charge is 0.311 e. The Morgan fingerprint density at radius 3 is 2.23 bits per heavy atom. The summed E-state index contributed by atoms with van der Waals surface area (Å²) >= 11 is 5.83. The topological polar surface area (TPSA) is 52.6 Å². The van der Waals surface area contributed by atoms with Crippen molar-refractivity contribution < 1.29 is 23.5 Å². The van der Waals surface area contributed by atoms with Crippen LogP contribution in [0.2, 0.25) is 5.02 Å². The van der Waals surface area contributed by atoms with Crippen molar-refractivity contribution in [1.29, 1.82) is 0 Å². The summed E-state index contributed by atoms with van der Waals surface area (Å²) < 4.78 is 24.3. The lowest BCUT2D eigenvalue weighted by molar-refractivity contribution is -0.171. The van der Waals surface area contributed by atoms with Crippen LogP contribution in [0.15, 0.2) is 18.2 Å². The molecule has 5 rings (SSSR count). The molecule has 4 bridgehead atoms. The predicted molar refractivity (Wildman–Crippen MR) is 93.2 cm³/mol. The Hall–Kier alpha value is -1.62. The van der Waals surface area contributed by atoms with Crippen LogP contribution < -0.4 is 4.74 Å². The van der Waals surface area contributed by atoms with Crippen molar-refractivity contribution in [3.63, 3.8) is 0 Å². The average Bonchev–Trinajstić information content (AvgIpc) is 2.59. The molecule has 4 aliphatic carbocycles. The third-order valence-electron chi connectivity index (χ3n) is 6.08. The van der Waals surface area contributed by atoms with Gasteiger partial charge in [-0.3, -0.25) is 9.59 Å². The molecule has 1 aromatic rings. The Morgan fingerprint density at radius 2 is 1.62 bits per heavy atom. The minimum Gasteiger partial charge on any atom is -0.462 e. The van der Waals surface area contributed by atoms with E-state index in [9.17, 15) is 14.0 Å². The van der Waals surface area contributed by atoms with Gasteiger partial charge < -0.3 is 9.47 Å². The molecule has 0 spiro atoms. The molecule has 0 unspecified atom stereocenters. The van der Waals surface area contributed by atoms with Crippen molar-refractivity contribution in [2.75, 3.05) is 0 Å². The van der Waals surface area contributed by atoms with E-state index >= 15 is 0 Å². The van der Waals surface area contributed by atoms with E-state index in [0.717, 1.165) is 17.9 Å². The van der Waals surface area contributed by atoms with Crippen molar-refractivity contribution in [2.45, 2.75) is 51.0 Å². The van der Waals surface area contributed by atoms with Gasteiger partial charge in [0.05, 0.1) is 17.9 Å². The zero-order valence-corrected chi connectivity index (χ0v) is 15.2. The van der Waals surface area contributed by atoms with Crippen LogP contribution in [-0.4, -0.2) is 18.0 Å². The number of para-hydroxylation sites is 1. The zero-order chi connectivity index (χ0) is 18.3. The van der Waals surface area contributed by atoms with Gasteiger partial charge in [0.25, 0.3) is 0 Å². The quantitative estimate of drug-likeness (QED) is 0.556. The zero-order valence-electron chi connectivity index (χ0n) is 14.5. The van der Waals surface area contributed by atoms with E-state index in [-0.39, 0.29) is 35.7 Å². The first-order valence-electron chi connectivity index (χ1n) is 9.33. The Kier molecular flexibility index (Phi) is 4.91. The lowest BCUT2D eigenvalue weighted by atomic mass is 9.55. The van der Waals surface area contributed by atoms with E-state index in [1.54, 1.807) is 0 Å². The molecule has 4 fully saturated rings. The van der Waals surface area contributed by atoms with Gasteiger partial charge in [0.15, 0.2) is 11.6 Å². The third kappa shape index (κ3) is 3.59. The summed E-state index contributed by atoms with van der Waals surface area (Å²) in [7, 11) is 0. The molecular formula is C20H22ClFO4. The number of ether oxygens (including phenoxy) is 2. The van der Waals surface area contributed by atoms with Gasteiger partial charge in [-0.2, -0.15) is 0 Å². The molecule has 0 N–H and O–H groups in total. The Balaban J connectivity index is 1.27. The number of benzene rings is 1. The maximum atomic E-state index is 13.6. The molecule has 0 atom stereocenters. The molecule has 0 heterocycles. The first-order chi connectivity index (χ1) is 12.5. The van der Waals surface area contributed by atoms with E-state index in [1.165, 1.54) is 44.2 Å². The van der Waals surface area contributed by atoms with Crippen LogP contribution in [0.5, 0.6) is 5.75 Å². The highest BCUT2D eigenvalue weighted by Gasteiger charge is 2.49. The minimum absolute atomic E-state index is 0.00679. The summed E-state index contributed by atoms with van der Waals surface area (Å²) in [5, 5.41) is 0.0227. The molecule has 6 heteroatoms. The van der Waals surface area contributed by atoms with Crippen LogP contribution in [0.3, 0.4) is 0 Å². The van der Waals surface area contributed by atoms with Crippen molar-refractivity contribution in [1.82, 2.24) is 0 Å². The fourth-order valence-corrected chi connectivity index (χ4v) is 5.43. The SMILES string of the molecule is O=C(CCC(=O)OC1C2CC3CC(C2)CC1C3)Oc1c(F)cccc1Cl. The standard InChI is InChI=1S/C20H22ClFO4/c21-15-2-1-3-16(22)20(15)26-18(24)5-4-17(23)25-19-13-7-11-6-12(9-13)10-14(19)8-11/h1-3,11-14,19H,4-10H2. The minimum atomic E-state index is -0.706. The van der Waals surface area contributed by atoms with Crippen LogP contribution in [0.25, 0.3) is 0 Å². The number of halogens is 2. The summed E-state index contributed by atoms with van der Waals surface area (Å²) in [6.45, 7) is 0. The van der Waals surface area contributed by atoms with Gasteiger partial charge in [-0.25, -0.2) is 4.39 Å². The highest BCUT2D eigenvalue weighted by molar-refractivity contribution is 6.32. The molecule has 0 radical (unpaired) electrons. The number of hydrogen-bond acceptors (Lipinski definition) is 4. The number of esters is 2. The lowest BCUT2D eigenvalue weighted by Gasteiger charge is -2.53. The van der Waals surface area contributed by atoms with E-state index in [0.29, 0.717) is 11.8 Å². The second-order valence-corrected chi connectivity index (χ2v) is 8.32. The van der Waals surface area contributed by atoms with Crippen LogP contribution in [0.1, 0.15) is 44.9 Å². The molecule has 0 amide bonds. The summed E-state index contributed by atoms with van der Waals surface area (Å²) in [4.78, 5) is 24.1. The van der Waals surface area contributed by atoms with E-state index in [4.69, 9.17) is 21.1 Å². The first kappa shape index (κ1) is 17.8. The average molecular weight is 381 g/mol. The number of hydrogen-bond donors (Lipinski definition) is 0. The molecule has 4 saturated carbocycles. The molecular weight excluding hydrogens is 359 g/mol. The molecule has 4 aliphatic rings. The number of rotatable bonds is 5. The Morgan fingerprint density at radius 1 is 1.00 bits per heavy atom. The highest BCUT2D eigenvalue weighted by atomic mass is 35.5. The van der Waals surface area contributed by atoms with Crippen molar-refractivity contribution in [3.05, 3.63) is 29.0 Å². The van der Waals surface area contributed by atoms with Gasteiger partial charge in [0.1, 0.15) is 6.10 Å². The van der Waals surface area contributed by atoms with Gasteiger partial charge in [-0.1, -0.05) is 17.7 Å². The Bertz CT molecular complexity index is 672. The van der Waals surface area contributed by atoms with E-state index < -0.39 is 11.8 Å². The van der Waals surface area contributed by atoms with Crippen molar-refractivity contribution >= 4 is 23.5 Å². The predicted octanol–water partition coefficient (Wildman–Crippen LogP) is 4.53. The number of carbonyl (C=O) groups is 2. The molecule has 0 aromatic heterocycles. The highest BCUT2D eigenvalue weighted by Crippen LogP contribution is 2.54. The Labute approximate surface area is 157 Å². The number of carbonyl (C=O) groups excluding carboxylic acids is 2. The fraction of sp³-hybridized carbons (Fsp3) is 0.600. The van der Waals surface area contributed by atoms with Gasteiger partial charge >= 0.3 is 11.9 Å². The molecule has 140 valence electrons. The van der Waals surface area contributed by atoms with Crippen molar-refractivity contribution in [3.8, 4) is 5.75 Å². The van der Waals surface area contributed by atoms with Gasteiger partial charge in [-0.15, -0.1) is 0 Å². The van der Waals surface area contributed by atoms with Gasteiger partial charge in [-0.05, 0) is 67.9 Å². The summed E-state index contributed by atoms with van der Waals surface area (Å²) in [6, 6.07) is 4.03. The largest absolute Gasteiger partial charge is 0.462 e. The second kappa shape index (κ2) is 7.18.